The standard InChI is InChI=1S/C22H24N2O5S2/c1-22(2,3)28-21(25)17(13-16-11-7-8-12-18(16)29-31(23,26)27)20-24-14-19(30-20)15-9-5-4-6-10-15/h4-12,14,17H,13H2,1-3H3,(H2,23,26,27). The summed E-state index contributed by atoms with van der Waals surface area (Å²) in [7, 11) is -4.21. The first-order valence-corrected chi connectivity index (χ1v) is 11.8. The Morgan fingerprint density at radius 1 is 1.10 bits per heavy atom. The summed E-state index contributed by atoms with van der Waals surface area (Å²) in [6.45, 7) is 5.37. The van der Waals surface area contributed by atoms with E-state index in [2.05, 4.69) is 4.98 Å². The molecule has 3 aromatic rings. The van der Waals surface area contributed by atoms with Gasteiger partial charge in [0.25, 0.3) is 0 Å². The number of hydrogen-bond donors (Lipinski definition) is 1. The van der Waals surface area contributed by atoms with Crippen LogP contribution < -0.4 is 9.32 Å². The maximum Gasteiger partial charge on any atom is 0.380 e. The van der Waals surface area contributed by atoms with E-state index < -0.39 is 27.8 Å². The molecule has 0 aliphatic rings. The SMILES string of the molecule is CC(C)(C)OC(=O)C(Cc1ccccc1OS(N)(=O)=O)c1ncc(-c2ccccc2)s1. The molecule has 7 nitrogen and oxygen atoms in total. The Bertz CT molecular complexity index is 1150. The van der Waals surface area contributed by atoms with E-state index in [4.69, 9.17) is 14.1 Å². The third-order valence-corrected chi connectivity index (χ3v) is 5.75. The van der Waals surface area contributed by atoms with Crippen molar-refractivity contribution in [1.82, 2.24) is 4.98 Å². The van der Waals surface area contributed by atoms with Gasteiger partial charge in [0.05, 0.1) is 4.88 Å². The largest absolute Gasteiger partial charge is 0.459 e. The molecule has 1 aromatic heterocycles. The molecule has 164 valence electrons. The van der Waals surface area contributed by atoms with E-state index in [1.807, 2.05) is 30.3 Å². The Labute approximate surface area is 186 Å². The molecule has 0 spiro atoms. The summed E-state index contributed by atoms with van der Waals surface area (Å²) >= 11 is 1.39. The Balaban J connectivity index is 1.97. The van der Waals surface area contributed by atoms with Crippen LogP contribution in [-0.4, -0.2) is 25.0 Å². The number of hydrogen-bond acceptors (Lipinski definition) is 7. The topological polar surface area (TPSA) is 109 Å². The van der Waals surface area contributed by atoms with Gasteiger partial charge in [0, 0.05) is 6.20 Å². The average Bonchev–Trinajstić information content (AvgIpc) is 3.15. The van der Waals surface area contributed by atoms with Crippen molar-refractivity contribution in [3.8, 4) is 16.2 Å². The zero-order chi connectivity index (χ0) is 22.6. The number of aromatic nitrogens is 1. The molecule has 31 heavy (non-hydrogen) atoms. The van der Waals surface area contributed by atoms with E-state index in [1.165, 1.54) is 17.4 Å². The van der Waals surface area contributed by atoms with Gasteiger partial charge in [-0.1, -0.05) is 48.5 Å². The highest BCUT2D eigenvalue weighted by Crippen LogP contribution is 2.34. The zero-order valence-corrected chi connectivity index (χ0v) is 19.1. The molecular formula is C22H24N2O5S2. The number of nitrogens with two attached hydrogens (primary N) is 1. The normalized spacial score (nSPS) is 12.9. The Kier molecular flexibility index (Phi) is 6.78. The van der Waals surface area contributed by atoms with Gasteiger partial charge < -0.3 is 8.92 Å². The fourth-order valence-corrected chi connectivity index (χ4v) is 4.35. The Hall–Kier alpha value is -2.75. The van der Waals surface area contributed by atoms with Gasteiger partial charge in [-0.05, 0) is 44.4 Å². The third-order valence-electron chi connectivity index (χ3n) is 4.17. The predicted molar refractivity (Wildman–Crippen MR) is 120 cm³/mol. The molecule has 0 radical (unpaired) electrons. The van der Waals surface area contributed by atoms with Crippen LogP contribution in [0, 0.1) is 0 Å². The number of benzene rings is 2. The van der Waals surface area contributed by atoms with Crippen molar-refractivity contribution in [2.75, 3.05) is 0 Å². The molecule has 0 aliphatic carbocycles. The van der Waals surface area contributed by atoms with Crippen LogP contribution in [0.5, 0.6) is 5.75 Å². The van der Waals surface area contributed by atoms with E-state index in [-0.39, 0.29) is 12.2 Å². The summed E-state index contributed by atoms with van der Waals surface area (Å²) in [5.74, 6) is -1.13. The van der Waals surface area contributed by atoms with Gasteiger partial charge in [-0.25, -0.2) is 4.98 Å². The average molecular weight is 461 g/mol. The molecule has 1 heterocycles. The van der Waals surface area contributed by atoms with Crippen LogP contribution in [0.25, 0.3) is 10.4 Å². The van der Waals surface area contributed by atoms with Gasteiger partial charge in [0.15, 0.2) is 0 Å². The molecule has 2 aromatic carbocycles. The van der Waals surface area contributed by atoms with Crippen molar-refractivity contribution in [2.24, 2.45) is 5.14 Å². The predicted octanol–water partition coefficient (Wildman–Crippen LogP) is 4.06. The molecule has 0 amide bonds. The van der Waals surface area contributed by atoms with E-state index in [1.54, 1.807) is 45.2 Å². The monoisotopic (exact) mass is 460 g/mol. The van der Waals surface area contributed by atoms with Crippen LogP contribution in [0.1, 0.15) is 37.3 Å². The Morgan fingerprint density at radius 3 is 2.39 bits per heavy atom. The van der Waals surface area contributed by atoms with Crippen LogP contribution in [0.15, 0.2) is 60.8 Å². The molecule has 0 saturated carbocycles. The first-order chi connectivity index (χ1) is 14.5. The maximum absolute atomic E-state index is 13.1. The van der Waals surface area contributed by atoms with Gasteiger partial charge in [0.2, 0.25) is 0 Å². The number of ether oxygens (including phenoxy) is 1. The first kappa shape index (κ1) is 22.9. The van der Waals surface area contributed by atoms with Crippen molar-refractivity contribution < 1.29 is 22.1 Å². The van der Waals surface area contributed by atoms with Crippen molar-refractivity contribution >= 4 is 27.6 Å². The van der Waals surface area contributed by atoms with Crippen molar-refractivity contribution in [1.29, 1.82) is 0 Å². The van der Waals surface area contributed by atoms with E-state index in [0.717, 1.165) is 10.4 Å². The van der Waals surface area contributed by atoms with Gasteiger partial charge >= 0.3 is 16.3 Å². The Morgan fingerprint density at radius 2 is 1.74 bits per heavy atom. The van der Waals surface area contributed by atoms with Crippen LogP contribution in [0.3, 0.4) is 0 Å². The number of rotatable bonds is 7. The highest BCUT2D eigenvalue weighted by Gasteiger charge is 2.30. The first-order valence-electron chi connectivity index (χ1n) is 9.56. The summed E-state index contributed by atoms with van der Waals surface area (Å²) in [5, 5.41) is 5.61. The van der Waals surface area contributed by atoms with Gasteiger partial charge in [-0.15, -0.1) is 11.3 Å². The van der Waals surface area contributed by atoms with Crippen LogP contribution in [0.4, 0.5) is 0 Å². The van der Waals surface area contributed by atoms with E-state index in [0.29, 0.717) is 10.6 Å². The second kappa shape index (κ2) is 9.17. The summed E-state index contributed by atoms with van der Waals surface area (Å²) in [6, 6.07) is 16.3. The number of thiazole rings is 1. The molecular weight excluding hydrogens is 436 g/mol. The van der Waals surface area contributed by atoms with E-state index >= 15 is 0 Å². The van der Waals surface area contributed by atoms with Crippen molar-refractivity contribution in [2.45, 2.75) is 38.7 Å². The number of carbonyl (C=O) groups is 1. The highest BCUT2D eigenvalue weighted by molar-refractivity contribution is 7.84. The second-order valence-electron chi connectivity index (χ2n) is 7.90. The van der Waals surface area contributed by atoms with Crippen LogP contribution in [0.2, 0.25) is 0 Å². The minimum absolute atomic E-state index is 0.0680. The van der Waals surface area contributed by atoms with Crippen LogP contribution in [-0.2, 0) is 26.3 Å². The molecule has 2 N–H and O–H groups in total. The molecule has 0 fully saturated rings. The molecule has 1 unspecified atom stereocenters. The van der Waals surface area contributed by atoms with Gasteiger partial charge in [-0.3, -0.25) is 4.79 Å². The van der Waals surface area contributed by atoms with E-state index in [9.17, 15) is 13.2 Å². The molecule has 3 rings (SSSR count). The molecule has 0 saturated heterocycles. The van der Waals surface area contributed by atoms with Gasteiger partial charge in [-0.2, -0.15) is 13.6 Å². The van der Waals surface area contributed by atoms with Crippen molar-refractivity contribution in [3.05, 3.63) is 71.4 Å². The highest BCUT2D eigenvalue weighted by atomic mass is 32.2. The number of carbonyl (C=O) groups excluding carboxylic acids is 1. The second-order valence-corrected chi connectivity index (χ2v) is 10.1. The minimum atomic E-state index is -4.21. The van der Waals surface area contributed by atoms with Crippen LogP contribution >= 0.6 is 11.3 Å². The lowest BCUT2D eigenvalue weighted by Crippen LogP contribution is -2.29. The lowest BCUT2D eigenvalue weighted by Gasteiger charge is -2.23. The fourth-order valence-electron chi connectivity index (χ4n) is 2.93. The number of para-hydroxylation sites is 1. The summed E-state index contributed by atoms with van der Waals surface area (Å²) in [5.41, 5.74) is 0.807. The zero-order valence-electron chi connectivity index (χ0n) is 17.4. The quantitative estimate of drug-likeness (QED) is 0.533. The number of esters is 1. The summed E-state index contributed by atoms with van der Waals surface area (Å²) in [4.78, 5) is 18.5. The minimum Gasteiger partial charge on any atom is -0.459 e. The molecule has 9 heteroatoms. The van der Waals surface area contributed by atoms with Gasteiger partial charge in [0.1, 0.15) is 22.3 Å². The summed E-state index contributed by atoms with van der Waals surface area (Å²) < 4.78 is 33.4. The maximum atomic E-state index is 13.1. The number of nitrogens with zero attached hydrogens (tertiary/aromatic N) is 1. The smallest absolute Gasteiger partial charge is 0.380 e. The molecule has 1 atom stereocenters. The fraction of sp³-hybridized carbons (Fsp3) is 0.273. The van der Waals surface area contributed by atoms with Crippen molar-refractivity contribution in [3.63, 3.8) is 0 Å². The lowest BCUT2D eigenvalue weighted by molar-refractivity contribution is -0.156. The third kappa shape index (κ3) is 6.61. The molecule has 0 aliphatic heterocycles. The molecule has 0 bridgehead atoms. The summed E-state index contributed by atoms with van der Waals surface area (Å²) in [6.07, 6.45) is 1.86. The lowest BCUT2D eigenvalue weighted by atomic mass is 9.99.